The number of fused-ring (bicyclic) bond motifs is 2. The van der Waals surface area contributed by atoms with E-state index in [1.54, 1.807) is 21.3 Å². The van der Waals surface area contributed by atoms with Crippen LogP contribution in [0.25, 0.3) is 21.9 Å². The molecule has 5 aromatic rings. The second-order valence-corrected chi connectivity index (χ2v) is 8.50. The smallest absolute Gasteiger partial charge is 0.329 e. The molecule has 2 heterocycles. The van der Waals surface area contributed by atoms with Crippen LogP contribution in [-0.2, 0) is 24.9 Å². The van der Waals surface area contributed by atoms with Gasteiger partial charge in [-0.1, -0.05) is 54.6 Å². The van der Waals surface area contributed by atoms with Crippen LogP contribution in [0, 0.1) is 6.92 Å². The van der Waals surface area contributed by atoms with E-state index in [9.17, 15) is 14.7 Å². The number of aliphatic carboxylic acids is 1. The van der Waals surface area contributed by atoms with Crippen LogP contribution in [0.2, 0.25) is 0 Å². The third kappa shape index (κ3) is 3.53. The van der Waals surface area contributed by atoms with Crippen LogP contribution >= 0.6 is 0 Å². The van der Waals surface area contributed by atoms with E-state index >= 15 is 0 Å². The monoisotopic (exact) mass is 439 g/mol. The van der Waals surface area contributed by atoms with Gasteiger partial charge in [0.2, 0.25) is 0 Å². The minimum absolute atomic E-state index is 0.0697. The fourth-order valence-electron chi connectivity index (χ4n) is 4.82. The summed E-state index contributed by atoms with van der Waals surface area (Å²) in [4.78, 5) is 25.7. The number of rotatable bonds is 6. The van der Waals surface area contributed by atoms with E-state index in [1.807, 2.05) is 55.6 Å². The molecule has 6 nitrogen and oxygen atoms in total. The second kappa shape index (κ2) is 8.13. The third-order valence-electron chi connectivity index (χ3n) is 6.42. The van der Waals surface area contributed by atoms with Crippen LogP contribution in [0.5, 0.6) is 0 Å². The molecular weight excluding hydrogens is 414 g/mol. The van der Waals surface area contributed by atoms with E-state index in [1.165, 1.54) is 0 Å². The maximum absolute atomic E-state index is 13.6. The van der Waals surface area contributed by atoms with Gasteiger partial charge in [0.25, 0.3) is 0 Å². The summed E-state index contributed by atoms with van der Waals surface area (Å²) < 4.78 is 5.43. The SMILES string of the molecule is Cc1cccc2c1c(Cn1c(=O)n(CC(C(=O)O)c3ccccc3)c3ccccc31)cn2C. The minimum Gasteiger partial charge on any atom is -0.481 e. The second-order valence-electron chi connectivity index (χ2n) is 8.50. The number of hydrogen-bond donors (Lipinski definition) is 1. The highest BCUT2D eigenvalue weighted by Gasteiger charge is 2.24. The van der Waals surface area contributed by atoms with Gasteiger partial charge in [-0.3, -0.25) is 13.9 Å². The molecule has 0 aliphatic rings. The molecule has 0 fully saturated rings. The third-order valence-corrected chi connectivity index (χ3v) is 6.42. The van der Waals surface area contributed by atoms with Crippen LogP contribution in [0.15, 0.2) is 83.8 Å². The molecule has 0 aliphatic carbocycles. The van der Waals surface area contributed by atoms with Crippen molar-refractivity contribution >= 4 is 27.9 Å². The van der Waals surface area contributed by atoms with Crippen molar-refractivity contribution in [1.29, 1.82) is 0 Å². The van der Waals surface area contributed by atoms with Crippen molar-refractivity contribution in [2.24, 2.45) is 7.05 Å². The van der Waals surface area contributed by atoms with Gasteiger partial charge in [-0.2, -0.15) is 0 Å². The number of para-hydroxylation sites is 2. The number of aromatic nitrogens is 3. The van der Waals surface area contributed by atoms with Gasteiger partial charge in [0.05, 0.1) is 23.5 Å². The van der Waals surface area contributed by atoms with Crippen molar-refractivity contribution in [3.05, 3.63) is 106 Å². The van der Waals surface area contributed by atoms with Gasteiger partial charge in [-0.15, -0.1) is 0 Å². The first kappa shape index (κ1) is 20.8. The first-order valence-electron chi connectivity index (χ1n) is 10.9. The van der Waals surface area contributed by atoms with Crippen LogP contribution < -0.4 is 5.69 Å². The van der Waals surface area contributed by atoms with Crippen molar-refractivity contribution in [2.75, 3.05) is 0 Å². The quantitative estimate of drug-likeness (QED) is 0.423. The van der Waals surface area contributed by atoms with Gasteiger partial charge >= 0.3 is 11.7 Å². The maximum Gasteiger partial charge on any atom is 0.329 e. The zero-order valence-corrected chi connectivity index (χ0v) is 18.6. The predicted molar refractivity (Wildman–Crippen MR) is 130 cm³/mol. The molecule has 5 rings (SSSR count). The maximum atomic E-state index is 13.6. The Balaban J connectivity index is 1.64. The highest BCUT2D eigenvalue weighted by Crippen LogP contribution is 2.26. The molecule has 0 aliphatic heterocycles. The molecule has 166 valence electrons. The first-order valence-corrected chi connectivity index (χ1v) is 10.9. The van der Waals surface area contributed by atoms with Crippen LogP contribution in [0.3, 0.4) is 0 Å². The van der Waals surface area contributed by atoms with Gasteiger partial charge in [-0.25, -0.2) is 4.79 Å². The Labute approximate surface area is 190 Å². The van der Waals surface area contributed by atoms with E-state index in [2.05, 4.69) is 29.8 Å². The lowest BCUT2D eigenvalue weighted by Gasteiger charge is -2.13. The highest BCUT2D eigenvalue weighted by molar-refractivity contribution is 5.87. The van der Waals surface area contributed by atoms with Crippen molar-refractivity contribution in [3.8, 4) is 0 Å². The minimum atomic E-state index is -0.949. The number of carboxylic acids is 1. The van der Waals surface area contributed by atoms with Gasteiger partial charge in [0, 0.05) is 30.7 Å². The standard InChI is InChI=1S/C27H25N3O3/c1-18-9-8-14-24-25(18)20(15-28(24)2)16-29-22-12-6-7-13-23(22)30(27(29)33)17-21(26(31)32)19-10-4-3-5-11-19/h3-15,21H,16-17H2,1-2H3,(H,31,32). The number of benzene rings is 3. The van der Waals surface area contributed by atoms with E-state index in [0.29, 0.717) is 12.1 Å². The Morgan fingerprint density at radius 2 is 1.52 bits per heavy atom. The summed E-state index contributed by atoms with van der Waals surface area (Å²) in [5.74, 6) is -1.77. The highest BCUT2D eigenvalue weighted by atomic mass is 16.4. The summed E-state index contributed by atoms with van der Waals surface area (Å²) in [6, 6.07) is 22.9. The van der Waals surface area contributed by atoms with E-state index in [-0.39, 0.29) is 12.2 Å². The number of nitrogens with zero attached hydrogens (tertiary/aromatic N) is 3. The number of hydrogen-bond acceptors (Lipinski definition) is 2. The summed E-state index contributed by atoms with van der Waals surface area (Å²) in [5.41, 5.74) is 5.36. The number of carboxylic acid groups (broad SMARTS) is 1. The number of carbonyl (C=O) groups is 1. The summed E-state index contributed by atoms with van der Waals surface area (Å²) in [6.45, 7) is 2.56. The topological polar surface area (TPSA) is 69.2 Å². The molecule has 6 heteroatoms. The van der Waals surface area contributed by atoms with Crippen molar-refractivity contribution in [3.63, 3.8) is 0 Å². The van der Waals surface area contributed by atoms with E-state index < -0.39 is 11.9 Å². The number of aryl methyl sites for hydroxylation is 2. The number of imidazole rings is 1. The lowest BCUT2D eigenvalue weighted by molar-refractivity contribution is -0.139. The normalized spacial score (nSPS) is 12.4. The van der Waals surface area contributed by atoms with Crippen molar-refractivity contribution in [2.45, 2.75) is 25.9 Å². The molecule has 3 aromatic carbocycles. The lowest BCUT2D eigenvalue weighted by Crippen LogP contribution is -2.29. The Morgan fingerprint density at radius 3 is 2.21 bits per heavy atom. The zero-order chi connectivity index (χ0) is 23.1. The van der Waals surface area contributed by atoms with Gasteiger partial charge in [0.1, 0.15) is 0 Å². The molecule has 0 spiro atoms. The Kier molecular flexibility index (Phi) is 5.13. The zero-order valence-electron chi connectivity index (χ0n) is 18.6. The molecule has 0 bridgehead atoms. The molecule has 0 amide bonds. The fraction of sp³-hybridized carbons (Fsp3) is 0.185. The summed E-state index contributed by atoms with van der Waals surface area (Å²) in [5, 5.41) is 11.1. The van der Waals surface area contributed by atoms with Gasteiger partial charge in [0.15, 0.2) is 0 Å². The first-order chi connectivity index (χ1) is 16.0. The van der Waals surface area contributed by atoms with Gasteiger partial charge in [-0.05, 0) is 41.8 Å². The summed E-state index contributed by atoms with van der Waals surface area (Å²) >= 11 is 0. The molecule has 1 unspecified atom stereocenters. The lowest BCUT2D eigenvalue weighted by atomic mass is 9.99. The van der Waals surface area contributed by atoms with Crippen LogP contribution in [-0.4, -0.2) is 24.8 Å². The fourth-order valence-corrected chi connectivity index (χ4v) is 4.82. The van der Waals surface area contributed by atoms with Crippen molar-refractivity contribution < 1.29 is 9.90 Å². The molecule has 0 saturated carbocycles. The largest absolute Gasteiger partial charge is 0.481 e. The summed E-state index contributed by atoms with van der Waals surface area (Å²) in [6.07, 6.45) is 2.07. The average Bonchev–Trinajstić information content (AvgIpc) is 3.27. The molecule has 33 heavy (non-hydrogen) atoms. The van der Waals surface area contributed by atoms with E-state index in [4.69, 9.17) is 0 Å². The molecule has 0 radical (unpaired) electrons. The molecule has 0 saturated heterocycles. The van der Waals surface area contributed by atoms with Crippen LogP contribution in [0.1, 0.15) is 22.6 Å². The molecule has 2 aromatic heterocycles. The Hall–Kier alpha value is -4.06. The average molecular weight is 440 g/mol. The Morgan fingerprint density at radius 1 is 0.879 bits per heavy atom. The van der Waals surface area contributed by atoms with E-state index in [0.717, 1.165) is 33.1 Å². The predicted octanol–water partition coefficient (Wildman–Crippen LogP) is 4.52. The molecular formula is C27H25N3O3. The summed E-state index contributed by atoms with van der Waals surface area (Å²) in [7, 11) is 2.01. The molecule has 1 atom stereocenters. The molecule has 1 N–H and O–H groups in total. The van der Waals surface area contributed by atoms with Crippen LogP contribution in [0.4, 0.5) is 0 Å². The van der Waals surface area contributed by atoms with Gasteiger partial charge < -0.3 is 9.67 Å². The Bertz CT molecular complexity index is 1540. The van der Waals surface area contributed by atoms with Crippen molar-refractivity contribution in [1.82, 2.24) is 13.7 Å².